The van der Waals surface area contributed by atoms with E-state index in [4.69, 9.17) is 9.84 Å². The number of benzene rings is 1. The average Bonchev–Trinajstić information content (AvgIpc) is 3.04. The van der Waals surface area contributed by atoms with Crippen LogP contribution in [0.1, 0.15) is 11.4 Å². The Labute approximate surface area is 139 Å². The Bertz CT molecular complexity index is 694. The molecule has 6 nitrogen and oxygen atoms in total. The zero-order chi connectivity index (χ0) is 15.5. The van der Waals surface area contributed by atoms with Crippen molar-refractivity contribution in [2.24, 2.45) is 5.10 Å². The van der Waals surface area contributed by atoms with E-state index in [0.717, 1.165) is 61.7 Å². The quantitative estimate of drug-likeness (QED) is 0.851. The van der Waals surface area contributed by atoms with Crippen LogP contribution in [-0.2, 0) is 11.2 Å². The molecule has 0 N–H and O–H groups in total. The lowest BCUT2D eigenvalue weighted by atomic mass is 10.1. The van der Waals surface area contributed by atoms with Crippen LogP contribution in [0.4, 0.5) is 0 Å². The Balaban J connectivity index is 1.51. The third-order valence-electron chi connectivity index (χ3n) is 4.10. The molecule has 0 saturated carbocycles. The number of hydrogen-bond acceptors (Lipinski definition) is 6. The second-order valence-corrected chi connectivity index (χ2v) is 6.56. The van der Waals surface area contributed by atoms with Crippen molar-refractivity contribution in [1.29, 1.82) is 0 Å². The third kappa shape index (κ3) is 3.31. The summed E-state index contributed by atoms with van der Waals surface area (Å²) in [6, 6.07) is 10.3. The molecule has 4 rings (SSSR count). The fourth-order valence-corrected chi connectivity index (χ4v) is 3.64. The van der Waals surface area contributed by atoms with Crippen LogP contribution < -0.4 is 0 Å². The minimum absolute atomic E-state index is 0.824. The molecule has 2 aromatic rings. The van der Waals surface area contributed by atoms with Crippen molar-refractivity contribution >= 4 is 17.5 Å². The van der Waals surface area contributed by atoms with Crippen LogP contribution in [-0.4, -0.2) is 64.1 Å². The van der Waals surface area contributed by atoms with Gasteiger partial charge in [0.1, 0.15) is 0 Å². The van der Waals surface area contributed by atoms with Gasteiger partial charge < -0.3 is 4.74 Å². The number of thioether (sulfide) groups is 1. The number of rotatable bonds is 4. The lowest BCUT2D eigenvalue weighted by Gasteiger charge is -2.26. The van der Waals surface area contributed by atoms with Gasteiger partial charge in [0.15, 0.2) is 5.82 Å². The van der Waals surface area contributed by atoms with Crippen LogP contribution in [0, 0.1) is 0 Å². The molecule has 2 aliphatic heterocycles. The second kappa shape index (κ2) is 6.82. The van der Waals surface area contributed by atoms with Gasteiger partial charge in [-0.3, -0.25) is 4.90 Å². The Hall–Kier alpha value is -1.70. The van der Waals surface area contributed by atoms with Gasteiger partial charge in [-0.2, -0.15) is 9.78 Å². The zero-order valence-corrected chi connectivity index (χ0v) is 13.7. The standard InChI is InChI=1S/C16H19N5OS/c1-2-4-13(5-3-1)14-12-23-16-18-17-15(21(16)19-14)6-7-20-8-10-22-11-9-20/h1-5H,6-12H2. The number of nitrogens with zero attached hydrogens (tertiary/aromatic N) is 5. The van der Waals surface area contributed by atoms with Gasteiger partial charge in [-0.15, -0.1) is 10.2 Å². The van der Waals surface area contributed by atoms with Crippen molar-refractivity contribution in [2.75, 3.05) is 38.6 Å². The van der Waals surface area contributed by atoms with Gasteiger partial charge in [0, 0.05) is 31.8 Å². The molecule has 1 saturated heterocycles. The molecule has 0 radical (unpaired) electrons. The van der Waals surface area contributed by atoms with Gasteiger partial charge >= 0.3 is 0 Å². The van der Waals surface area contributed by atoms with Gasteiger partial charge in [-0.1, -0.05) is 42.1 Å². The minimum Gasteiger partial charge on any atom is -0.379 e. The largest absolute Gasteiger partial charge is 0.379 e. The van der Waals surface area contributed by atoms with E-state index in [1.807, 2.05) is 22.9 Å². The molecule has 2 aliphatic rings. The number of morpholine rings is 1. The summed E-state index contributed by atoms with van der Waals surface area (Å²) in [5.74, 6) is 1.78. The molecule has 0 amide bonds. The summed E-state index contributed by atoms with van der Waals surface area (Å²) in [6.45, 7) is 4.61. The van der Waals surface area contributed by atoms with E-state index in [-0.39, 0.29) is 0 Å². The highest BCUT2D eigenvalue weighted by Gasteiger charge is 2.20. The van der Waals surface area contributed by atoms with E-state index < -0.39 is 0 Å². The Morgan fingerprint density at radius 3 is 2.74 bits per heavy atom. The number of aromatic nitrogens is 3. The first-order valence-electron chi connectivity index (χ1n) is 7.90. The Morgan fingerprint density at radius 1 is 1.09 bits per heavy atom. The summed E-state index contributed by atoms with van der Waals surface area (Å²) in [4.78, 5) is 2.41. The molecule has 0 bridgehead atoms. The maximum atomic E-state index is 5.39. The zero-order valence-electron chi connectivity index (χ0n) is 12.9. The summed E-state index contributed by atoms with van der Waals surface area (Å²) in [5, 5.41) is 14.3. The van der Waals surface area contributed by atoms with E-state index in [1.165, 1.54) is 5.56 Å². The molecular weight excluding hydrogens is 310 g/mol. The molecule has 3 heterocycles. The first-order valence-corrected chi connectivity index (χ1v) is 8.89. The van der Waals surface area contributed by atoms with E-state index in [9.17, 15) is 0 Å². The topological polar surface area (TPSA) is 55.5 Å². The summed E-state index contributed by atoms with van der Waals surface area (Å²) in [7, 11) is 0. The summed E-state index contributed by atoms with van der Waals surface area (Å²) >= 11 is 1.70. The Morgan fingerprint density at radius 2 is 1.91 bits per heavy atom. The van der Waals surface area contributed by atoms with E-state index >= 15 is 0 Å². The second-order valence-electron chi connectivity index (χ2n) is 5.62. The molecule has 1 aromatic heterocycles. The lowest BCUT2D eigenvalue weighted by Crippen LogP contribution is -2.37. The SMILES string of the molecule is c1ccc(C2=Nn3c(CCN4CCOCC4)nnc3SC2)cc1. The minimum atomic E-state index is 0.824. The van der Waals surface area contributed by atoms with Crippen molar-refractivity contribution in [1.82, 2.24) is 19.8 Å². The van der Waals surface area contributed by atoms with E-state index in [2.05, 4.69) is 27.2 Å². The first-order chi connectivity index (χ1) is 11.4. The average molecular weight is 329 g/mol. The smallest absolute Gasteiger partial charge is 0.212 e. The molecule has 1 aromatic carbocycles. The van der Waals surface area contributed by atoms with Crippen LogP contribution in [0.3, 0.4) is 0 Å². The van der Waals surface area contributed by atoms with Crippen LogP contribution in [0.15, 0.2) is 40.6 Å². The van der Waals surface area contributed by atoms with Crippen molar-refractivity contribution < 1.29 is 4.74 Å². The van der Waals surface area contributed by atoms with Crippen molar-refractivity contribution in [3.05, 3.63) is 41.7 Å². The molecule has 0 aliphatic carbocycles. The summed E-state index contributed by atoms with van der Waals surface area (Å²) in [6.07, 6.45) is 0.860. The van der Waals surface area contributed by atoms with Crippen molar-refractivity contribution in [2.45, 2.75) is 11.6 Å². The number of fused-ring (bicyclic) bond motifs is 1. The van der Waals surface area contributed by atoms with Gasteiger partial charge in [0.2, 0.25) is 5.16 Å². The predicted octanol–water partition coefficient (Wildman–Crippen LogP) is 1.51. The van der Waals surface area contributed by atoms with E-state index in [1.54, 1.807) is 11.8 Å². The molecule has 7 heteroatoms. The Kier molecular flexibility index (Phi) is 4.41. The van der Waals surface area contributed by atoms with Crippen LogP contribution in [0.5, 0.6) is 0 Å². The number of hydrogen-bond donors (Lipinski definition) is 0. The van der Waals surface area contributed by atoms with Crippen molar-refractivity contribution in [3.63, 3.8) is 0 Å². The molecule has 1 fully saturated rings. The van der Waals surface area contributed by atoms with Crippen molar-refractivity contribution in [3.8, 4) is 0 Å². The van der Waals surface area contributed by atoms with Gasteiger partial charge in [-0.25, -0.2) is 0 Å². The highest BCUT2D eigenvalue weighted by Crippen LogP contribution is 2.24. The molecule has 120 valence electrons. The summed E-state index contributed by atoms with van der Waals surface area (Å²) in [5.41, 5.74) is 2.24. The van der Waals surface area contributed by atoms with Gasteiger partial charge in [0.25, 0.3) is 0 Å². The molecule has 0 atom stereocenters. The lowest BCUT2D eigenvalue weighted by molar-refractivity contribution is 0.0381. The van der Waals surface area contributed by atoms with Gasteiger partial charge in [0.05, 0.1) is 18.9 Å². The molecule has 0 spiro atoms. The third-order valence-corrected chi connectivity index (χ3v) is 5.03. The molecule has 23 heavy (non-hydrogen) atoms. The maximum absolute atomic E-state index is 5.39. The highest BCUT2D eigenvalue weighted by molar-refractivity contribution is 7.99. The molecule has 0 unspecified atom stereocenters. The van der Waals surface area contributed by atoms with Gasteiger partial charge in [-0.05, 0) is 5.56 Å². The molecular formula is C16H19N5OS. The van der Waals surface area contributed by atoms with Crippen LogP contribution in [0.25, 0.3) is 0 Å². The highest BCUT2D eigenvalue weighted by atomic mass is 32.2. The van der Waals surface area contributed by atoms with Crippen LogP contribution >= 0.6 is 11.8 Å². The van der Waals surface area contributed by atoms with E-state index in [0.29, 0.717) is 0 Å². The maximum Gasteiger partial charge on any atom is 0.212 e. The fourth-order valence-electron chi connectivity index (χ4n) is 2.78. The predicted molar refractivity (Wildman–Crippen MR) is 90.1 cm³/mol. The monoisotopic (exact) mass is 329 g/mol. The number of ether oxygens (including phenoxy) is 1. The first kappa shape index (κ1) is 14.9. The normalized spacial score (nSPS) is 18.5. The fraction of sp³-hybridized carbons (Fsp3) is 0.438. The summed E-state index contributed by atoms with van der Waals surface area (Å²) < 4.78 is 7.30. The van der Waals surface area contributed by atoms with Crippen LogP contribution in [0.2, 0.25) is 0 Å².